The summed E-state index contributed by atoms with van der Waals surface area (Å²) in [6.07, 6.45) is 6.32. The minimum absolute atomic E-state index is 0.131. The number of rotatable bonds is 4. The fourth-order valence-electron chi connectivity index (χ4n) is 4.53. The summed E-state index contributed by atoms with van der Waals surface area (Å²) in [7, 11) is 0. The fraction of sp³-hybridized carbons (Fsp3) is 0.240. The van der Waals surface area contributed by atoms with Gasteiger partial charge in [0.25, 0.3) is 11.5 Å². The largest absolute Gasteiger partial charge is 0.481 e. The summed E-state index contributed by atoms with van der Waals surface area (Å²) in [6, 6.07) is 9.50. The van der Waals surface area contributed by atoms with Crippen LogP contribution in [0.1, 0.15) is 36.0 Å². The number of halogens is 1. The summed E-state index contributed by atoms with van der Waals surface area (Å²) in [4.78, 5) is 45.8. The number of hydrogen-bond acceptors (Lipinski definition) is 5. The number of hydrogen-bond donors (Lipinski definition) is 2. The molecule has 3 heterocycles. The van der Waals surface area contributed by atoms with Crippen LogP contribution in [0.2, 0.25) is 0 Å². The number of amides is 1. The molecule has 2 N–H and O–H groups in total. The summed E-state index contributed by atoms with van der Waals surface area (Å²) < 4.78 is 15.5. The Morgan fingerprint density at radius 2 is 1.91 bits per heavy atom. The smallest absolute Gasteiger partial charge is 0.306 e. The van der Waals surface area contributed by atoms with Gasteiger partial charge in [0.15, 0.2) is 5.65 Å². The lowest BCUT2D eigenvalue weighted by Gasteiger charge is -2.26. The Labute approximate surface area is 193 Å². The summed E-state index contributed by atoms with van der Waals surface area (Å²) in [5, 5.41) is 12.4. The molecule has 0 bridgehead atoms. The van der Waals surface area contributed by atoms with E-state index < -0.39 is 11.8 Å². The zero-order valence-corrected chi connectivity index (χ0v) is 18.1. The standard InChI is InChI=1S/C25H21FN4O4/c26-20-13-27-10-9-17(20)15-5-8-21-19(12-15)24(32)30-11-1-2-18(22(30)29-21)23(31)28-16-6-3-14(4-7-16)25(33)34/h1-2,5,8-14,16H,3-4,6-7H2,(H,28,31)(H,33,34). The van der Waals surface area contributed by atoms with E-state index in [9.17, 15) is 18.8 Å². The molecule has 1 aliphatic rings. The topological polar surface area (TPSA) is 114 Å². The van der Waals surface area contributed by atoms with Crippen molar-refractivity contribution in [1.82, 2.24) is 19.7 Å². The van der Waals surface area contributed by atoms with E-state index in [1.54, 1.807) is 36.5 Å². The summed E-state index contributed by atoms with van der Waals surface area (Å²) in [5.74, 6) is -2.03. The van der Waals surface area contributed by atoms with Gasteiger partial charge in [-0.05, 0) is 61.6 Å². The number of benzene rings is 1. The van der Waals surface area contributed by atoms with Gasteiger partial charge in [0.2, 0.25) is 0 Å². The van der Waals surface area contributed by atoms with Gasteiger partial charge in [-0.1, -0.05) is 6.07 Å². The lowest BCUT2D eigenvalue weighted by molar-refractivity contribution is -0.142. The quantitative estimate of drug-likeness (QED) is 0.451. The Bertz CT molecular complexity index is 1490. The molecule has 0 saturated heterocycles. The van der Waals surface area contributed by atoms with Crippen molar-refractivity contribution in [2.24, 2.45) is 5.92 Å². The molecular weight excluding hydrogens is 439 g/mol. The molecule has 1 aromatic carbocycles. The highest BCUT2D eigenvalue weighted by Gasteiger charge is 2.27. The third-order valence-corrected chi connectivity index (χ3v) is 6.38. The number of fused-ring (bicyclic) bond motifs is 2. The molecule has 3 aromatic heterocycles. The Morgan fingerprint density at radius 1 is 1.12 bits per heavy atom. The van der Waals surface area contributed by atoms with Gasteiger partial charge in [-0.2, -0.15) is 0 Å². The van der Waals surface area contributed by atoms with E-state index in [-0.39, 0.29) is 34.6 Å². The van der Waals surface area contributed by atoms with E-state index in [1.807, 2.05) is 0 Å². The molecule has 4 aromatic rings. The first-order valence-electron chi connectivity index (χ1n) is 11.0. The highest BCUT2D eigenvalue weighted by molar-refractivity contribution is 6.01. The first kappa shape index (κ1) is 21.7. The van der Waals surface area contributed by atoms with Crippen LogP contribution in [0.4, 0.5) is 4.39 Å². The Balaban J connectivity index is 1.50. The van der Waals surface area contributed by atoms with Crippen LogP contribution < -0.4 is 10.9 Å². The van der Waals surface area contributed by atoms with Crippen LogP contribution in [0.3, 0.4) is 0 Å². The van der Waals surface area contributed by atoms with Gasteiger partial charge in [0.05, 0.1) is 28.6 Å². The molecule has 0 aliphatic heterocycles. The molecule has 9 heteroatoms. The van der Waals surface area contributed by atoms with Crippen LogP contribution in [-0.2, 0) is 4.79 Å². The van der Waals surface area contributed by atoms with E-state index in [0.29, 0.717) is 47.7 Å². The number of aliphatic carboxylic acids is 1. The molecular formula is C25H21FN4O4. The maximum absolute atomic E-state index is 14.2. The number of nitrogens with zero attached hydrogens (tertiary/aromatic N) is 3. The molecule has 0 unspecified atom stereocenters. The molecule has 1 saturated carbocycles. The maximum atomic E-state index is 14.2. The Morgan fingerprint density at radius 3 is 2.65 bits per heavy atom. The van der Waals surface area contributed by atoms with Crippen molar-refractivity contribution in [3.63, 3.8) is 0 Å². The summed E-state index contributed by atoms with van der Waals surface area (Å²) >= 11 is 0. The van der Waals surface area contributed by atoms with Crippen molar-refractivity contribution >= 4 is 28.4 Å². The van der Waals surface area contributed by atoms with Gasteiger partial charge in [-0.15, -0.1) is 0 Å². The van der Waals surface area contributed by atoms with E-state index in [1.165, 1.54) is 16.7 Å². The second kappa shape index (κ2) is 8.66. The minimum Gasteiger partial charge on any atom is -0.481 e. The predicted octanol–water partition coefficient (Wildman–Crippen LogP) is 3.42. The van der Waals surface area contributed by atoms with E-state index in [0.717, 1.165) is 6.20 Å². The van der Waals surface area contributed by atoms with Gasteiger partial charge in [-0.3, -0.25) is 23.8 Å². The molecule has 1 amide bonds. The van der Waals surface area contributed by atoms with Crippen molar-refractivity contribution < 1.29 is 19.1 Å². The van der Waals surface area contributed by atoms with Crippen LogP contribution in [-0.4, -0.2) is 37.4 Å². The number of carbonyl (C=O) groups is 2. The van der Waals surface area contributed by atoms with E-state index in [4.69, 9.17) is 5.11 Å². The zero-order valence-electron chi connectivity index (χ0n) is 18.1. The third kappa shape index (κ3) is 3.89. The second-order valence-electron chi connectivity index (χ2n) is 8.48. The first-order chi connectivity index (χ1) is 16.4. The average molecular weight is 460 g/mol. The van der Waals surface area contributed by atoms with Gasteiger partial charge < -0.3 is 10.4 Å². The SMILES string of the molecule is O=C(NC1CCC(C(=O)O)CC1)c1cccn2c(=O)c3cc(-c4ccncc4F)ccc3nc12. The third-order valence-electron chi connectivity index (χ3n) is 6.38. The number of carboxylic acid groups (broad SMARTS) is 1. The molecule has 5 rings (SSSR count). The van der Waals surface area contributed by atoms with Crippen molar-refractivity contribution in [3.8, 4) is 11.1 Å². The lowest BCUT2D eigenvalue weighted by Crippen LogP contribution is -2.39. The summed E-state index contributed by atoms with van der Waals surface area (Å²) in [5.41, 5.74) is 1.35. The summed E-state index contributed by atoms with van der Waals surface area (Å²) in [6.45, 7) is 0. The number of carbonyl (C=O) groups excluding carboxylic acids is 1. The zero-order chi connectivity index (χ0) is 23.8. The molecule has 0 radical (unpaired) electrons. The van der Waals surface area contributed by atoms with Crippen LogP contribution in [0, 0.1) is 11.7 Å². The Hall–Kier alpha value is -4.14. The molecule has 172 valence electrons. The van der Waals surface area contributed by atoms with Gasteiger partial charge >= 0.3 is 5.97 Å². The molecule has 8 nitrogen and oxygen atoms in total. The number of carboxylic acids is 1. The molecule has 34 heavy (non-hydrogen) atoms. The van der Waals surface area contributed by atoms with Gasteiger partial charge in [0, 0.05) is 24.0 Å². The van der Waals surface area contributed by atoms with Crippen molar-refractivity contribution in [3.05, 3.63) is 76.7 Å². The molecule has 0 spiro atoms. The first-order valence-corrected chi connectivity index (χ1v) is 11.0. The second-order valence-corrected chi connectivity index (χ2v) is 8.48. The van der Waals surface area contributed by atoms with Gasteiger partial charge in [-0.25, -0.2) is 9.37 Å². The predicted molar refractivity (Wildman–Crippen MR) is 123 cm³/mol. The molecule has 1 fully saturated rings. The van der Waals surface area contributed by atoms with Crippen LogP contribution >= 0.6 is 0 Å². The molecule has 1 aliphatic carbocycles. The van der Waals surface area contributed by atoms with Crippen LogP contribution in [0.5, 0.6) is 0 Å². The average Bonchev–Trinajstić information content (AvgIpc) is 2.84. The monoisotopic (exact) mass is 460 g/mol. The normalized spacial score (nSPS) is 18.1. The number of nitrogens with one attached hydrogen (secondary N) is 1. The van der Waals surface area contributed by atoms with E-state index >= 15 is 0 Å². The van der Waals surface area contributed by atoms with Crippen molar-refractivity contribution in [1.29, 1.82) is 0 Å². The van der Waals surface area contributed by atoms with Crippen LogP contribution in [0.25, 0.3) is 27.7 Å². The van der Waals surface area contributed by atoms with Crippen LogP contribution in [0.15, 0.2) is 59.8 Å². The highest BCUT2D eigenvalue weighted by Crippen LogP contribution is 2.26. The van der Waals surface area contributed by atoms with Crippen molar-refractivity contribution in [2.75, 3.05) is 0 Å². The number of pyridine rings is 2. The minimum atomic E-state index is -0.802. The fourth-order valence-corrected chi connectivity index (χ4v) is 4.53. The van der Waals surface area contributed by atoms with E-state index in [2.05, 4.69) is 15.3 Å². The van der Waals surface area contributed by atoms with Crippen molar-refractivity contribution in [2.45, 2.75) is 31.7 Å². The van der Waals surface area contributed by atoms with Gasteiger partial charge in [0.1, 0.15) is 5.82 Å². The Kier molecular flexibility index (Phi) is 5.53. The maximum Gasteiger partial charge on any atom is 0.306 e. The number of aromatic nitrogens is 3. The lowest BCUT2D eigenvalue weighted by atomic mass is 9.86. The highest BCUT2D eigenvalue weighted by atomic mass is 19.1. The molecule has 0 atom stereocenters.